The van der Waals surface area contributed by atoms with Crippen LogP contribution in [-0.4, -0.2) is 47.6 Å². The predicted octanol–water partition coefficient (Wildman–Crippen LogP) is 10.1. The summed E-state index contributed by atoms with van der Waals surface area (Å²) in [7, 11) is 0. The van der Waals surface area contributed by atoms with Gasteiger partial charge in [-0.05, 0) is 44.4 Å². The fourth-order valence-electron chi connectivity index (χ4n) is 5.04. The maximum absolute atomic E-state index is 11.9. The Hall–Kier alpha value is -1.92. The molecular weight excluding hydrogens is 564 g/mol. The van der Waals surface area contributed by atoms with Crippen molar-refractivity contribution < 1.29 is 29.3 Å². The third kappa shape index (κ3) is 34.8. The molecule has 0 aromatic heterocycles. The number of aliphatic hydroxyl groups excluding tert-OH is 2. The van der Waals surface area contributed by atoms with Crippen molar-refractivity contribution in [3.63, 3.8) is 0 Å². The van der Waals surface area contributed by atoms with Crippen LogP contribution >= 0.6 is 0 Å². The molecule has 0 radical (unpaired) electrons. The fraction of sp³-hybridized carbons (Fsp3) is 0.795. The van der Waals surface area contributed by atoms with Crippen LogP contribution in [0.4, 0.5) is 0 Å². The summed E-state index contributed by atoms with van der Waals surface area (Å²) in [6, 6.07) is 0. The summed E-state index contributed by atoms with van der Waals surface area (Å²) in [5, 5.41) is 20.1. The van der Waals surface area contributed by atoms with E-state index >= 15 is 0 Å². The molecule has 0 heterocycles. The van der Waals surface area contributed by atoms with Crippen LogP contribution in [0.15, 0.2) is 36.5 Å². The molecule has 6 heteroatoms. The SMILES string of the molecule is CCCCCCCC/C=C/C/C=C/C=C/C(O)CCCC(=O)OC[C@@H](O)COC(=O)CCCCCCCCCCCCC(C)C. The van der Waals surface area contributed by atoms with Crippen molar-refractivity contribution in [2.24, 2.45) is 5.92 Å². The van der Waals surface area contributed by atoms with Gasteiger partial charge in [0.2, 0.25) is 0 Å². The maximum Gasteiger partial charge on any atom is 0.305 e. The molecule has 0 saturated heterocycles. The van der Waals surface area contributed by atoms with Gasteiger partial charge in [0, 0.05) is 12.8 Å². The van der Waals surface area contributed by atoms with Gasteiger partial charge >= 0.3 is 11.9 Å². The minimum Gasteiger partial charge on any atom is -0.463 e. The van der Waals surface area contributed by atoms with Crippen molar-refractivity contribution in [2.45, 2.75) is 181 Å². The molecule has 0 fully saturated rings. The summed E-state index contributed by atoms with van der Waals surface area (Å²) < 4.78 is 10.2. The van der Waals surface area contributed by atoms with Crippen LogP contribution in [0.2, 0.25) is 0 Å². The summed E-state index contributed by atoms with van der Waals surface area (Å²) in [6.07, 6.45) is 35.2. The summed E-state index contributed by atoms with van der Waals surface area (Å²) in [6.45, 7) is 6.44. The minimum atomic E-state index is -1.03. The standard InChI is InChI=1S/C39H70O6/c1-4-5-6-7-8-9-10-11-12-16-19-22-25-29-36(40)30-27-32-39(43)45-34-37(41)33-44-38(42)31-26-23-20-17-14-13-15-18-21-24-28-35(2)3/h11-12,19,22,25,29,35-37,40-41H,4-10,13-18,20-21,23-24,26-28,30-34H2,1-3H3/b12-11+,22-19+,29-25+/t36?,37-/m0/s1. The molecule has 0 bridgehead atoms. The normalized spacial score (nSPS) is 13.4. The Morgan fingerprint density at radius 2 is 1.13 bits per heavy atom. The second-order valence-electron chi connectivity index (χ2n) is 13.0. The molecule has 0 aliphatic carbocycles. The van der Waals surface area contributed by atoms with Crippen molar-refractivity contribution in [1.82, 2.24) is 0 Å². The van der Waals surface area contributed by atoms with E-state index in [4.69, 9.17) is 9.47 Å². The first-order chi connectivity index (χ1) is 21.8. The Morgan fingerprint density at radius 1 is 0.600 bits per heavy atom. The first-order valence-electron chi connectivity index (χ1n) is 18.5. The zero-order valence-electron chi connectivity index (χ0n) is 29.4. The molecular formula is C39H70O6. The summed E-state index contributed by atoms with van der Waals surface area (Å²) in [5.74, 6) is 0.0621. The van der Waals surface area contributed by atoms with Gasteiger partial charge in [0.05, 0.1) is 6.10 Å². The number of ether oxygens (including phenoxy) is 2. The van der Waals surface area contributed by atoms with E-state index in [1.807, 2.05) is 12.2 Å². The van der Waals surface area contributed by atoms with Crippen LogP contribution in [0.1, 0.15) is 168 Å². The molecule has 6 nitrogen and oxygen atoms in total. The molecule has 0 aliphatic heterocycles. The van der Waals surface area contributed by atoms with E-state index in [0.29, 0.717) is 19.3 Å². The molecule has 0 aromatic carbocycles. The van der Waals surface area contributed by atoms with Crippen molar-refractivity contribution in [2.75, 3.05) is 13.2 Å². The molecule has 0 aromatic rings. The van der Waals surface area contributed by atoms with Gasteiger partial charge in [-0.3, -0.25) is 9.59 Å². The second kappa shape index (κ2) is 33.4. The summed E-state index contributed by atoms with van der Waals surface area (Å²) in [4.78, 5) is 23.9. The molecule has 2 atom stereocenters. The molecule has 0 saturated carbocycles. The summed E-state index contributed by atoms with van der Waals surface area (Å²) in [5.41, 5.74) is 0. The molecule has 262 valence electrons. The van der Waals surface area contributed by atoms with E-state index in [-0.39, 0.29) is 25.6 Å². The Labute approximate surface area is 277 Å². The average molecular weight is 635 g/mol. The number of hydrogen-bond acceptors (Lipinski definition) is 6. The Morgan fingerprint density at radius 3 is 1.73 bits per heavy atom. The number of esters is 2. The van der Waals surface area contributed by atoms with Gasteiger partial charge in [0.1, 0.15) is 19.3 Å². The van der Waals surface area contributed by atoms with Gasteiger partial charge in [-0.15, -0.1) is 0 Å². The van der Waals surface area contributed by atoms with E-state index in [1.54, 1.807) is 6.08 Å². The molecule has 0 spiro atoms. The number of aliphatic hydroxyl groups is 2. The quantitative estimate of drug-likeness (QED) is 0.0331. The monoisotopic (exact) mass is 635 g/mol. The van der Waals surface area contributed by atoms with E-state index < -0.39 is 18.2 Å². The average Bonchev–Trinajstić information content (AvgIpc) is 3.01. The molecule has 1 unspecified atom stereocenters. The molecule has 0 aliphatic rings. The zero-order valence-corrected chi connectivity index (χ0v) is 29.4. The highest BCUT2D eigenvalue weighted by Crippen LogP contribution is 2.14. The first kappa shape index (κ1) is 43.1. The molecule has 0 amide bonds. The van der Waals surface area contributed by atoms with Crippen molar-refractivity contribution >= 4 is 11.9 Å². The lowest BCUT2D eigenvalue weighted by Gasteiger charge is -2.12. The highest BCUT2D eigenvalue weighted by Gasteiger charge is 2.12. The number of allylic oxidation sites excluding steroid dienone is 5. The van der Waals surface area contributed by atoms with E-state index in [2.05, 4.69) is 39.0 Å². The maximum atomic E-state index is 11.9. The van der Waals surface area contributed by atoms with Crippen molar-refractivity contribution in [3.05, 3.63) is 36.5 Å². The smallest absolute Gasteiger partial charge is 0.305 e. The van der Waals surface area contributed by atoms with E-state index in [1.165, 1.54) is 89.9 Å². The lowest BCUT2D eigenvalue weighted by atomic mass is 10.0. The van der Waals surface area contributed by atoms with Crippen LogP contribution in [0.25, 0.3) is 0 Å². The summed E-state index contributed by atoms with van der Waals surface area (Å²) >= 11 is 0. The van der Waals surface area contributed by atoms with Gasteiger partial charge in [0.15, 0.2) is 0 Å². The Bertz CT molecular complexity index is 757. The Kier molecular flexibility index (Phi) is 32.0. The second-order valence-corrected chi connectivity index (χ2v) is 13.0. The highest BCUT2D eigenvalue weighted by molar-refractivity contribution is 5.69. The Balaban J connectivity index is 3.64. The van der Waals surface area contributed by atoms with Gasteiger partial charge < -0.3 is 19.7 Å². The number of hydrogen-bond donors (Lipinski definition) is 2. The van der Waals surface area contributed by atoms with Gasteiger partial charge in [-0.25, -0.2) is 0 Å². The number of carbonyl (C=O) groups excluding carboxylic acids is 2. The van der Waals surface area contributed by atoms with Crippen LogP contribution in [0.5, 0.6) is 0 Å². The van der Waals surface area contributed by atoms with E-state index in [0.717, 1.165) is 38.0 Å². The first-order valence-corrected chi connectivity index (χ1v) is 18.5. The zero-order chi connectivity index (χ0) is 33.2. The van der Waals surface area contributed by atoms with Crippen LogP contribution in [0.3, 0.4) is 0 Å². The highest BCUT2D eigenvalue weighted by atomic mass is 16.6. The molecule has 45 heavy (non-hydrogen) atoms. The molecule has 2 N–H and O–H groups in total. The minimum absolute atomic E-state index is 0.162. The van der Waals surface area contributed by atoms with Crippen molar-refractivity contribution in [1.29, 1.82) is 0 Å². The lowest BCUT2D eigenvalue weighted by molar-refractivity contribution is -0.152. The van der Waals surface area contributed by atoms with E-state index in [9.17, 15) is 19.8 Å². The topological polar surface area (TPSA) is 93.1 Å². The lowest BCUT2D eigenvalue weighted by Crippen LogP contribution is -2.25. The van der Waals surface area contributed by atoms with Gasteiger partial charge in [-0.2, -0.15) is 0 Å². The number of carbonyl (C=O) groups is 2. The predicted molar refractivity (Wildman–Crippen MR) is 188 cm³/mol. The molecule has 0 rings (SSSR count). The van der Waals surface area contributed by atoms with Gasteiger partial charge in [0.25, 0.3) is 0 Å². The van der Waals surface area contributed by atoms with Crippen LogP contribution in [0, 0.1) is 5.92 Å². The van der Waals surface area contributed by atoms with Crippen molar-refractivity contribution in [3.8, 4) is 0 Å². The third-order valence-electron chi connectivity index (χ3n) is 7.91. The van der Waals surface area contributed by atoms with Crippen LogP contribution < -0.4 is 0 Å². The third-order valence-corrected chi connectivity index (χ3v) is 7.91. The number of unbranched alkanes of at least 4 members (excludes halogenated alkanes) is 15. The van der Waals surface area contributed by atoms with Gasteiger partial charge in [-0.1, -0.05) is 154 Å². The number of rotatable bonds is 32. The van der Waals surface area contributed by atoms with Crippen LogP contribution in [-0.2, 0) is 19.1 Å². The fourth-order valence-corrected chi connectivity index (χ4v) is 5.04. The largest absolute Gasteiger partial charge is 0.463 e.